The summed E-state index contributed by atoms with van der Waals surface area (Å²) >= 11 is 0. The number of carbonyl (C=O) groups is 3. The molecule has 2 amide bonds. The van der Waals surface area contributed by atoms with Crippen molar-refractivity contribution < 1.29 is 29.7 Å². The minimum absolute atomic E-state index is 0.0188. The van der Waals surface area contributed by atoms with Gasteiger partial charge in [-0.3, -0.25) is 24.6 Å². The van der Waals surface area contributed by atoms with Crippen LogP contribution in [0.25, 0.3) is 5.57 Å². The molecule has 1 aliphatic carbocycles. The van der Waals surface area contributed by atoms with Crippen molar-refractivity contribution >= 4 is 52.2 Å². The average Bonchev–Trinajstić information content (AvgIpc) is 3.61. The fourth-order valence-electron chi connectivity index (χ4n) is 5.18. The van der Waals surface area contributed by atoms with Gasteiger partial charge >= 0.3 is 6.03 Å². The lowest BCUT2D eigenvalue weighted by Gasteiger charge is -2.20. The van der Waals surface area contributed by atoms with Gasteiger partial charge in [0.2, 0.25) is 11.9 Å². The largest absolute Gasteiger partial charge is 0.508 e. The Morgan fingerprint density at radius 1 is 0.977 bits per heavy atom. The Bertz CT molecular complexity index is 1850. The number of aliphatic imine (C=N–C) groups is 3. The average molecular weight is 590 g/mol. The van der Waals surface area contributed by atoms with Crippen molar-refractivity contribution in [2.24, 2.45) is 15.0 Å². The van der Waals surface area contributed by atoms with Crippen molar-refractivity contribution in [3.63, 3.8) is 0 Å². The van der Waals surface area contributed by atoms with E-state index in [0.717, 1.165) is 22.4 Å². The Balaban J connectivity index is 1.18. The summed E-state index contributed by atoms with van der Waals surface area (Å²) in [7, 11) is 0. The van der Waals surface area contributed by atoms with Gasteiger partial charge in [-0.05, 0) is 67.1 Å². The number of carbonyl (C=O) groups excluding carboxylic acids is 3. The number of hydrogen-bond acceptors (Lipinski definition) is 9. The van der Waals surface area contributed by atoms with Gasteiger partial charge in [0, 0.05) is 29.5 Å². The number of allylic oxidation sites excluding steroid dienone is 4. The van der Waals surface area contributed by atoms with E-state index < -0.39 is 29.8 Å². The van der Waals surface area contributed by atoms with Gasteiger partial charge < -0.3 is 26.0 Å². The van der Waals surface area contributed by atoms with Gasteiger partial charge in [0.1, 0.15) is 23.3 Å². The van der Waals surface area contributed by atoms with Crippen LogP contribution in [0.4, 0.5) is 16.2 Å². The highest BCUT2D eigenvalue weighted by molar-refractivity contribution is 6.38. The van der Waals surface area contributed by atoms with E-state index in [9.17, 15) is 29.7 Å². The number of phenolic OH excluding ortho intramolecular Hbond substituents is 3. The van der Waals surface area contributed by atoms with E-state index in [4.69, 9.17) is 0 Å². The number of anilines is 1. The molecule has 44 heavy (non-hydrogen) atoms. The lowest BCUT2D eigenvalue weighted by Crippen LogP contribution is -2.39. The molecule has 3 aliphatic rings. The van der Waals surface area contributed by atoms with Gasteiger partial charge in [-0.15, -0.1) is 0 Å². The number of urea groups is 1. The molecule has 0 saturated heterocycles. The number of amides is 2. The zero-order chi connectivity index (χ0) is 31.0. The highest BCUT2D eigenvalue weighted by Gasteiger charge is 2.32. The molecule has 0 spiro atoms. The monoisotopic (exact) mass is 589 g/mol. The van der Waals surface area contributed by atoms with Crippen LogP contribution in [-0.4, -0.2) is 56.7 Å². The van der Waals surface area contributed by atoms with E-state index in [1.165, 1.54) is 54.7 Å². The first-order chi connectivity index (χ1) is 21.1. The molecule has 0 radical (unpaired) electrons. The van der Waals surface area contributed by atoms with Crippen molar-refractivity contribution in [2.45, 2.75) is 32.0 Å². The maximum absolute atomic E-state index is 13.6. The van der Waals surface area contributed by atoms with Crippen LogP contribution in [-0.2, 0) is 4.79 Å². The summed E-state index contributed by atoms with van der Waals surface area (Å²) in [5.74, 6) is -1.13. The lowest BCUT2D eigenvalue weighted by molar-refractivity contribution is -0.121. The van der Waals surface area contributed by atoms with Crippen LogP contribution in [0.5, 0.6) is 17.2 Å². The Kier molecular flexibility index (Phi) is 7.36. The van der Waals surface area contributed by atoms with E-state index >= 15 is 0 Å². The van der Waals surface area contributed by atoms with Crippen LogP contribution in [0.15, 0.2) is 93.4 Å². The number of benzene rings is 3. The molecule has 3 aromatic carbocycles. The van der Waals surface area contributed by atoms with Crippen molar-refractivity contribution in [1.82, 2.24) is 5.32 Å². The molecule has 0 fully saturated rings. The summed E-state index contributed by atoms with van der Waals surface area (Å²) in [6, 6.07) is 12.8. The third-order valence-electron chi connectivity index (χ3n) is 7.42. The van der Waals surface area contributed by atoms with E-state index in [1.54, 1.807) is 12.1 Å². The number of fused-ring (bicyclic) bond motifs is 3. The number of aromatic hydroxyl groups is 3. The summed E-state index contributed by atoms with van der Waals surface area (Å²) in [6.45, 7) is 2.00. The third kappa shape index (κ3) is 5.75. The Labute approximate surface area is 251 Å². The van der Waals surface area contributed by atoms with Gasteiger partial charge in [0.15, 0.2) is 5.78 Å². The fraction of sp³-hybridized carbons (Fsp3) is 0.152. The van der Waals surface area contributed by atoms with Crippen LogP contribution >= 0.6 is 0 Å². The normalized spacial score (nSPS) is 17.0. The number of ketones is 2. The van der Waals surface area contributed by atoms with Crippen LogP contribution in [0, 0.1) is 0 Å². The zero-order valence-corrected chi connectivity index (χ0v) is 23.5. The number of Topliss-reactive ketones (excluding diaryl/α,β-unsaturated/α-hetero) is 2. The second kappa shape index (κ2) is 11.4. The standard InChI is InChI=1S/C33H27N5O6/c1-17-2-11-26-23(12-17)24-15-29(42)25(14-27(24)37-26)28(41)13-20-16-34-32(35-20)31(43)30(18-3-7-21(39)8-4-18)38-33(44)36-19-5-9-22(40)10-6-19/h2-10,12,14-16,30,32,39-40,42H,11,13H2,1H3,(H2,36,38,44). The summed E-state index contributed by atoms with van der Waals surface area (Å²) in [5.41, 5.74) is 5.43. The minimum atomic E-state index is -1.23. The molecule has 2 heterocycles. The number of hydrogen-bond donors (Lipinski definition) is 5. The zero-order valence-electron chi connectivity index (χ0n) is 23.5. The molecule has 220 valence electrons. The maximum Gasteiger partial charge on any atom is 0.320 e. The predicted molar refractivity (Wildman–Crippen MR) is 166 cm³/mol. The van der Waals surface area contributed by atoms with Crippen molar-refractivity contribution in [3.05, 3.63) is 95.1 Å². The van der Waals surface area contributed by atoms with Crippen molar-refractivity contribution in [3.8, 4) is 17.2 Å². The molecular formula is C33H27N5O6. The van der Waals surface area contributed by atoms with Crippen molar-refractivity contribution in [1.29, 1.82) is 0 Å². The van der Waals surface area contributed by atoms with E-state index in [2.05, 4.69) is 31.7 Å². The van der Waals surface area contributed by atoms with Crippen LogP contribution < -0.4 is 10.6 Å². The first-order valence-corrected chi connectivity index (χ1v) is 13.8. The summed E-state index contributed by atoms with van der Waals surface area (Å²) < 4.78 is 0. The second-order valence-corrected chi connectivity index (χ2v) is 10.6. The van der Waals surface area contributed by atoms with Crippen LogP contribution in [0.1, 0.15) is 47.3 Å². The Hall–Kier alpha value is -5.84. The number of phenols is 3. The van der Waals surface area contributed by atoms with Crippen LogP contribution in [0.3, 0.4) is 0 Å². The molecule has 2 unspecified atom stereocenters. The molecule has 2 atom stereocenters. The summed E-state index contributed by atoms with van der Waals surface area (Å²) in [5, 5.41) is 35.1. The second-order valence-electron chi connectivity index (χ2n) is 10.6. The van der Waals surface area contributed by atoms with Gasteiger partial charge in [0.25, 0.3) is 0 Å². The molecule has 0 aromatic heterocycles. The molecular weight excluding hydrogens is 562 g/mol. The Morgan fingerprint density at radius 3 is 2.41 bits per heavy atom. The summed E-state index contributed by atoms with van der Waals surface area (Å²) in [4.78, 5) is 52.8. The Morgan fingerprint density at radius 2 is 1.68 bits per heavy atom. The quantitative estimate of drug-likeness (QED) is 0.179. The van der Waals surface area contributed by atoms with E-state index in [0.29, 0.717) is 23.4 Å². The molecule has 3 aromatic rings. The molecule has 5 N–H and O–H groups in total. The summed E-state index contributed by atoms with van der Waals surface area (Å²) in [6.07, 6.45) is 4.66. The number of rotatable bonds is 8. The third-order valence-corrected chi connectivity index (χ3v) is 7.42. The van der Waals surface area contributed by atoms with Gasteiger partial charge in [-0.2, -0.15) is 0 Å². The van der Waals surface area contributed by atoms with Gasteiger partial charge in [-0.25, -0.2) is 4.79 Å². The minimum Gasteiger partial charge on any atom is -0.508 e. The first-order valence-electron chi connectivity index (χ1n) is 13.8. The molecule has 6 rings (SSSR count). The predicted octanol–water partition coefficient (Wildman–Crippen LogP) is 5.18. The molecule has 11 nitrogen and oxygen atoms in total. The lowest BCUT2D eigenvalue weighted by atomic mass is 9.92. The molecule has 0 saturated carbocycles. The topological polar surface area (TPSA) is 173 Å². The molecule has 0 bridgehead atoms. The number of nitrogens with zero attached hydrogens (tertiary/aromatic N) is 3. The van der Waals surface area contributed by atoms with E-state index in [1.807, 2.05) is 13.0 Å². The van der Waals surface area contributed by atoms with Crippen molar-refractivity contribution in [2.75, 3.05) is 5.32 Å². The SMILES string of the molecule is CC1=CCC2=Nc3cc(C(=O)CC4=NC(C(=O)C(NC(=O)Nc5ccc(O)cc5)c5ccc(O)cc5)N=C4)c(O)cc3C2=C1. The highest BCUT2D eigenvalue weighted by atomic mass is 16.3. The molecule has 2 aliphatic heterocycles. The van der Waals surface area contributed by atoms with Crippen LogP contribution in [0.2, 0.25) is 0 Å². The van der Waals surface area contributed by atoms with Gasteiger partial charge in [0.05, 0.1) is 29.1 Å². The number of nitrogens with one attached hydrogen (secondary N) is 2. The first kappa shape index (κ1) is 28.3. The van der Waals surface area contributed by atoms with E-state index in [-0.39, 0.29) is 34.9 Å². The van der Waals surface area contributed by atoms with Gasteiger partial charge in [-0.1, -0.05) is 23.8 Å². The molecule has 11 heteroatoms. The smallest absolute Gasteiger partial charge is 0.320 e. The maximum atomic E-state index is 13.6. The highest BCUT2D eigenvalue weighted by Crippen LogP contribution is 2.42. The fourth-order valence-corrected chi connectivity index (χ4v) is 5.18.